The summed E-state index contributed by atoms with van der Waals surface area (Å²) in [5, 5.41) is 8.72. The van der Waals surface area contributed by atoms with Crippen molar-refractivity contribution in [1.29, 1.82) is 0 Å². The Morgan fingerprint density at radius 1 is 1.38 bits per heavy atom. The first-order valence-electron chi connectivity index (χ1n) is 4.18. The standard InChI is InChI=1S/C8H14F3NO/c1-7(2)4-12(5-7)3-6(13)8(9,10)11/h6,13H,3-5H2,1-2H3. The van der Waals surface area contributed by atoms with Crippen LogP contribution in [0.3, 0.4) is 0 Å². The van der Waals surface area contributed by atoms with Crippen LogP contribution in [-0.4, -0.2) is 41.9 Å². The van der Waals surface area contributed by atoms with E-state index in [0.29, 0.717) is 13.1 Å². The minimum atomic E-state index is -4.49. The lowest BCUT2D eigenvalue weighted by atomic mass is 9.84. The lowest BCUT2D eigenvalue weighted by molar-refractivity contribution is -0.213. The first-order valence-corrected chi connectivity index (χ1v) is 4.18. The Morgan fingerprint density at radius 2 is 1.85 bits per heavy atom. The quantitative estimate of drug-likeness (QED) is 0.720. The van der Waals surface area contributed by atoms with E-state index in [0.717, 1.165) is 0 Å². The molecule has 0 aliphatic carbocycles. The summed E-state index contributed by atoms with van der Waals surface area (Å²) in [4.78, 5) is 1.61. The van der Waals surface area contributed by atoms with Gasteiger partial charge < -0.3 is 5.11 Å². The summed E-state index contributed by atoms with van der Waals surface area (Å²) >= 11 is 0. The number of aliphatic hydroxyl groups excluding tert-OH is 1. The number of β-amino-alcohol motifs (C(OH)–C–C–N with tert-alkyl or cyclic N) is 1. The highest BCUT2D eigenvalue weighted by atomic mass is 19.4. The fourth-order valence-corrected chi connectivity index (χ4v) is 1.64. The van der Waals surface area contributed by atoms with E-state index in [2.05, 4.69) is 0 Å². The Kier molecular flexibility index (Phi) is 2.60. The highest BCUT2D eigenvalue weighted by Crippen LogP contribution is 2.30. The van der Waals surface area contributed by atoms with Gasteiger partial charge in [-0.1, -0.05) is 13.8 Å². The van der Waals surface area contributed by atoms with Crippen molar-refractivity contribution in [1.82, 2.24) is 4.90 Å². The second-order valence-corrected chi connectivity index (χ2v) is 4.39. The van der Waals surface area contributed by atoms with Crippen LogP contribution in [0.25, 0.3) is 0 Å². The Balaban J connectivity index is 2.28. The monoisotopic (exact) mass is 197 g/mol. The molecule has 1 aliphatic rings. The molecular weight excluding hydrogens is 183 g/mol. The smallest absolute Gasteiger partial charge is 0.382 e. The molecule has 1 rings (SSSR count). The molecule has 1 N–H and O–H groups in total. The zero-order valence-electron chi connectivity index (χ0n) is 7.73. The summed E-state index contributed by atoms with van der Waals surface area (Å²) in [6.07, 6.45) is -6.69. The van der Waals surface area contributed by atoms with E-state index in [1.54, 1.807) is 4.90 Å². The largest absolute Gasteiger partial charge is 0.415 e. The number of hydrogen-bond acceptors (Lipinski definition) is 2. The van der Waals surface area contributed by atoms with E-state index in [1.165, 1.54) is 0 Å². The fraction of sp³-hybridized carbons (Fsp3) is 1.00. The van der Waals surface area contributed by atoms with E-state index in [9.17, 15) is 13.2 Å². The van der Waals surface area contributed by atoms with Gasteiger partial charge in [0.2, 0.25) is 0 Å². The van der Waals surface area contributed by atoms with Gasteiger partial charge in [0.25, 0.3) is 0 Å². The van der Waals surface area contributed by atoms with Crippen LogP contribution in [0.2, 0.25) is 0 Å². The van der Waals surface area contributed by atoms with Crippen molar-refractivity contribution in [2.45, 2.75) is 26.1 Å². The van der Waals surface area contributed by atoms with Gasteiger partial charge in [0, 0.05) is 19.6 Å². The SMILES string of the molecule is CC1(C)CN(CC(O)C(F)(F)F)C1. The van der Waals surface area contributed by atoms with Crippen molar-refractivity contribution >= 4 is 0 Å². The van der Waals surface area contributed by atoms with E-state index in [-0.39, 0.29) is 12.0 Å². The summed E-state index contributed by atoms with van der Waals surface area (Å²) < 4.78 is 35.7. The summed E-state index contributed by atoms with van der Waals surface area (Å²) in [5.41, 5.74) is 0.102. The predicted octanol–water partition coefficient (Wildman–Crippen LogP) is 1.25. The normalized spacial score (nSPS) is 25.4. The maximum absolute atomic E-state index is 11.9. The molecule has 1 atom stereocenters. The van der Waals surface area contributed by atoms with Gasteiger partial charge in [0.15, 0.2) is 6.10 Å². The fourth-order valence-electron chi connectivity index (χ4n) is 1.64. The molecule has 1 heterocycles. The molecule has 13 heavy (non-hydrogen) atoms. The van der Waals surface area contributed by atoms with Crippen LogP contribution >= 0.6 is 0 Å². The molecule has 5 heteroatoms. The van der Waals surface area contributed by atoms with Gasteiger partial charge in [0.05, 0.1) is 0 Å². The van der Waals surface area contributed by atoms with Gasteiger partial charge in [-0.3, -0.25) is 4.90 Å². The van der Waals surface area contributed by atoms with Gasteiger partial charge in [-0.15, -0.1) is 0 Å². The predicted molar refractivity (Wildman–Crippen MR) is 42.3 cm³/mol. The Hall–Kier alpha value is -0.290. The Bertz CT molecular complexity index is 182. The minimum Gasteiger partial charge on any atom is -0.382 e. The lowest BCUT2D eigenvalue weighted by Gasteiger charge is -2.46. The third-order valence-corrected chi connectivity index (χ3v) is 2.11. The van der Waals surface area contributed by atoms with Crippen molar-refractivity contribution in [2.24, 2.45) is 5.41 Å². The zero-order chi connectivity index (χ0) is 10.3. The molecule has 1 fully saturated rings. The van der Waals surface area contributed by atoms with E-state index >= 15 is 0 Å². The molecule has 1 saturated heterocycles. The maximum atomic E-state index is 11.9. The van der Waals surface area contributed by atoms with Crippen molar-refractivity contribution in [3.05, 3.63) is 0 Å². The molecule has 0 amide bonds. The average molecular weight is 197 g/mol. The summed E-state index contributed by atoms with van der Waals surface area (Å²) in [5.74, 6) is 0. The van der Waals surface area contributed by atoms with Gasteiger partial charge in [-0.2, -0.15) is 13.2 Å². The van der Waals surface area contributed by atoms with Crippen molar-refractivity contribution in [3.63, 3.8) is 0 Å². The molecule has 1 unspecified atom stereocenters. The molecule has 0 aromatic carbocycles. The van der Waals surface area contributed by atoms with Crippen LogP contribution in [0.15, 0.2) is 0 Å². The van der Waals surface area contributed by atoms with Crippen LogP contribution in [0, 0.1) is 5.41 Å². The number of rotatable bonds is 2. The average Bonchev–Trinajstić information content (AvgIpc) is 1.80. The topological polar surface area (TPSA) is 23.5 Å². The van der Waals surface area contributed by atoms with Crippen LogP contribution in [0.4, 0.5) is 13.2 Å². The van der Waals surface area contributed by atoms with Gasteiger partial charge in [-0.25, -0.2) is 0 Å². The second kappa shape index (κ2) is 3.13. The molecule has 0 aromatic rings. The van der Waals surface area contributed by atoms with Crippen molar-refractivity contribution < 1.29 is 18.3 Å². The van der Waals surface area contributed by atoms with E-state index in [1.807, 2.05) is 13.8 Å². The highest BCUT2D eigenvalue weighted by molar-refractivity contribution is 4.89. The minimum absolute atomic E-state index is 0.102. The summed E-state index contributed by atoms with van der Waals surface area (Å²) in [6, 6.07) is 0. The number of likely N-dealkylation sites (tertiary alicyclic amines) is 1. The Morgan fingerprint density at radius 3 is 2.15 bits per heavy atom. The first-order chi connectivity index (χ1) is 5.71. The van der Waals surface area contributed by atoms with Crippen LogP contribution in [-0.2, 0) is 0 Å². The third-order valence-electron chi connectivity index (χ3n) is 2.11. The van der Waals surface area contributed by atoms with Crippen molar-refractivity contribution in [3.8, 4) is 0 Å². The molecule has 78 valence electrons. The molecule has 0 saturated carbocycles. The lowest BCUT2D eigenvalue weighted by Crippen LogP contribution is -2.56. The number of halogens is 3. The summed E-state index contributed by atoms with van der Waals surface area (Å²) in [6.45, 7) is 4.93. The van der Waals surface area contributed by atoms with E-state index in [4.69, 9.17) is 5.11 Å². The number of hydrogen-bond donors (Lipinski definition) is 1. The molecular formula is C8H14F3NO. The first kappa shape index (κ1) is 10.8. The third kappa shape index (κ3) is 2.84. The van der Waals surface area contributed by atoms with Gasteiger partial charge in [-0.05, 0) is 5.41 Å². The molecule has 1 aliphatic heterocycles. The zero-order valence-corrected chi connectivity index (χ0v) is 7.73. The molecule has 2 nitrogen and oxygen atoms in total. The van der Waals surface area contributed by atoms with Gasteiger partial charge in [0.1, 0.15) is 0 Å². The Labute approximate surface area is 75.3 Å². The summed E-state index contributed by atoms with van der Waals surface area (Å²) in [7, 11) is 0. The number of aliphatic hydroxyl groups is 1. The van der Waals surface area contributed by atoms with E-state index < -0.39 is 12.3 Å². The second-order valence-electron chi connectivity index (χ2n) is 4.39. The number of nitrogens with zero attached hydrogens (tertiary/aromatic N) is 1. The van der Waals surface area contributed by atoms with Crippen LogP contribution < -0.4 is 0 Å². The number of alkyl halides is 3. The van der Waals surface area contributed by atoms with Crippen molar-refractivity contribution in [2.75, 3.05) is 19.6 Å². The molecule has 0 bridgehead atoms. The molecule has 0 spiro atoms. The van der Waals surface area contributed by atoms with Gasteiger partial charge >= 0.3 is 6.18 Å². The molecule has 0 aromatic heterocycles. The molecule has 0 radical (unpaired) electrons. The van der Waals surface area contributed by atoms with Crippen LogP contribution in [0.5, 0.6) is 0 Å². The maximum Gasteiger partial charge on any atom is 0.415 e. The highest BCUT2D eigenvalue weighted by Gasteiger charge is 2.43. The van der Waals surface area contributed by atoms with Crippen LogP contribution in [0.1, 0.15) is 13.8 Å².